The highest BCUT2D eigenvalue weighted by Gasteiger charge is 2.23. The zero-order valence-electron chi connectivity index (χ0n) is 10.4. The van der Waals surface area contributed by atoms with Gasteiger partial charge in [-0.25, -0.2) is 17.5 Å². The number of alkyl halides is 1. The van der Waals surface area contributed by atoms with E-state index >= 15 is 0 Å². The average molecular weight is 309 g/mol. The topological polar surface area (TPSA) is 58.2 Å². The van der Waals surface area contributed by atoms with Gasteiger partial charge in [-0.15, -0.1) is 12.4 Å². The molecular weight excluding hydrogens is 291 g/mol. The van der Waals surface area contributed by atoms with Crippen LogP contribution in [0.3, 0.4) is 0 Å². The Morgan fingerprint density at radius 3 is 2.58 bits per heavy atom. The van der Waals surface area contributed by atoms with Gasteiger partial charge in [0.05, 0.1) is 4.90 Å². The van der Waals surface area contributed by atoms with E-state index in [0.717, 1.165) is 0 Å². The molecule has 0 aliphatic carbocycles. The lowest BCUT2D eigenvalue weighted by molar-refractivity contribution is 0.353. The minimum atomic E-state index is -3.44. The van der Waals surface area contributed by atoms with E-state index in [-0.39, 0.29) is 23.3 Å². The van der Waals surface area contributed by atoms with Crippen molar-refractivity contribution in [2.45, 2.75) is 30.0 Å². The first-order valence-electron chi connectivity index (χ1n) is 6.00. The molecule has 0 amide bonds. The maximum Gasteiger partial charge on any atom is 0.240 e. The molecule has 2 rings (SSSR count). The van der Waals surface area contributed by atoms with E-state index in [1.54, 1.807) is 30.3 Å². The monoisotopic (exact) mass is 308 g/mol. The Hall–Kier alpha value is -0.690. The summed E-state index contributed by atoms with van der Waals surface area (Å²) in [5.41, 5.74) is 0. The molecule has 1 saturated heterocycles. The van der Waals surface area contributed by atoms with Gasteiger partial charge in [-0.1, -0.05) is 18.2 Å². The highest BCUT2D eigenvalue weighted by molar-refractivity contribution is 7.89. The van der Waals surface area contributed by atoms with Gasteiger partial charge >= 0.3 is 0 Å². The van der Waals surface area contributed by atoms with E-state index in [0.29, 0.717) is 25.9 Å². The van der Waals surface area contributed by atoms with Crippen molar-refractivity contribution in [2.24, 2.45) is 0 Å². The van der Waals surface area contributed by atoms with Crippen LogP contribution in [0.25, 0.3) is 0 Å². The molecule has 108 valence electrons. The Bertz CT molecular complexity index is 484. The number of rotatable bonds is 5. The van der Waals surface area contributed by atoms with Crippen LogP contribution in [0.2, 0.25) is 0 Å². The summed E-state index contributed by atoms with van der Waals surface area (Å²) in [6.45, 7) is 0.692. The Labute approximate surface area is 119 Å². The van der Waals surface area contributed by atoms with Crippen molar-refractivity contribution in [3.63, 3.8) is 0 Å². The van der Waals surface area contributed by atoms with Crippen molar-refractivity contribution in [1.82, 2.24) is 10.0 Å². The van der Waals surface area contributed by atoms with Gasteiger partial charge in [0.15, 0.2) is 0 Å². The van der Waals surface area contributed by atoms with E-state index in [9.17, 15) is 12.8 Å². The van der Waals surface area contributed by atoms with Gasteiger partial charge in [0.1, 0.15) is 6.17 Å². The van der Waals surface area contributed by atoms with Crippen molar-refractivity contribution < 1.29 is 12.8 Å². The molecule has 7 heteroatoms. The summed E-state index contributed by atoms with van der Waals surface area (Å²) in [7, 11) is -3.44. The molecular formula is C12H18ClFN2O2S. The van der Waals surface area contributed by atoms with Gasteiger partial charge in [-0.05, 0) is 25.0 Å². The number of benzene rings is 1. The molecule has 0 radical (unpaired) electrons. The van der Waals surface area contributed by atoms with Gasteiger partial charge in [0, 0.05) is 19.1 Å². The Morgan fingerprint density at radius 1 is 1.32 bits per heavy atom. The molecule has 0 bridgehead atoms. The second-order valence-corrected chi connectivity index (χ2v) is 6.20. The van der Waals surface area contributed by atoms with Crippen LogP contribution in [0.15, 0.2) is 35.2 Å². The molecule has 1 aliphatic rings. The van der Waals surface area contributed by atoms with Gasteiger partial charge in [0.2, 0.25) is 10.0 Å². The fraction of sp³-hybridized carbons (Fsp3) is 0.500. The minimum Gasteiger partial charge on any atom is -0.311 e. The second-order valence-electron chi connectivity index (χ2n) is 4.44. The summed E-state index contributed by atoms with van der Waals surface area (Å²) < 4.78 is 39.2. The molecule has 1 aromatic rings. The summed E-state index contributed by atoms with van der Waals surface area (Å²) >= 11 is 0. The van der Waals surface area contributed by atoms with Crippen LogP contribution in [0.5, 0.6) is 0 Å². The summed E-state index contributed by atoms with van der Waals surface area (Å²) in [5.74, 6) is 0. The first-order valence-corrected chi connectivity index (χ1v) is 7.48. The highest BCUT2D eigenvalue weighted by Crippen LogP contribution is 2.13. The fourth-order valence-corrected chi connectivity index (χ4v) is 3.11. The summed E-state index contributed by atoms with van der Waals surface area (Å²) in [4.78, 5) is 0.257. The van der Waals surface area contributed by atoms with E-state index < -0.39 is 16.2 Å². The Kier molecular flexibility index (Phi) is 6.19. The molecule has 0 spiro atoms. The average Bonchev–Trinajstić information content (AvgIpc) is 2.76. The third kappa shape index (κ3) is 4.72. The van der Waals surface area contributed by atoms with E-state index in [4.69, 9.17) is 0 Å². The number of sulfonamides is 1. The number of hydrogen-bond acceptors (Lipinski definition) is 3. The lowest BCUT2D eigenvalue weighted by Crippen LogP contribution is -2.30. The van der Waals surface area contributed by atoms with Gasteiger partial charge in [0.25, 0.3) is 0 Å². The third-order valence-corrected chi connectivity index (χ3v) is 4.48. The Morgan fingerprint density at radius 2 is 2.00 bits per heavy atom. The zero-order valence-corrected chi connectivity index (χ0v) is 12.0. The van der Waals surface area contributed by atoms with Gasteiger partial charge < -0.3 is 5.32 Å². The SMILES string of the molecule is Cl.O=S(=O)(NCC[C@@H]1C[C@@H](F)CN1)c1ccccc1. The first-order chi connectivity index (χ1) is 8.58. The Balaban J connectivity index is 0.00000180. The quantitative estimate of drug-likeness (QED) is 0.866. The van der Waals surface area contributed by atoms with Gasteiger partial charge in [-0.2, -0.15) is 0 Å². The molecule has 1 aliphatic heterocycles. The molecule has 1 fully saturated rings. The van der Waals surface area contributed by atoms with Crippen LogP contribution in [0, 0.1) is 0 Å². The summed E-state index contributed by atoms with van der Waals surface area (Å²) in [5, 5.41) is 3.02. The van der Waals surface area contributed by atoms with Crippen LogP contribution in [-0.2, 0) is 10.0 Å². The van der Waals surface area contributed by atoms with Crippen LogP contribution in [0.4, 0.5) is 4.39 Å². The third-order valence-electron chi connectivity index (χ3n) is 3.01. The number of halogens is 2. The van der Waals surface area contributed by atoms with Crippen LogP contribution < -0.4 is 10.0 Å². The normalized spacial score (nSPS) is 23.0. The lowest BCUT2D eigenvalue weighted by Gasteiger charge is -2.11. The van der Waals surface area contributed by atoms with Crippen molar-refractivity contribution in [1.29, 1.82) is 0 Å². The lowest BCUT2D eigenvalue weighted by atomic mass is 10.1. The molecule has 4 nitrogen and oxygen atoms in total. The van der Waals surface area contributed by atoms with Crippen molar-refractivity contribution in [2.75, 3.05) is 13.1 Å². The molecule has 2 N–H and O–H groups in total. The van der Waals surface area contributed by atoms with E-state index in [2.05, 4.69) is 10.0 Å². The largest absolute Gasteiger partial charge is 0.311 e. The smallest absolute Gasteiger partial charge is 0.240 e. The summed E-state index contributed by atoms with van der Waals surface area (Å²) in [6, 6.07) is 8.30. The van der Waals surface area contributed by atoms with E-state index in [1.807, 2.05) is 0 Å². The molecule has 1 heterocycles. The van der Waals surface area contributed by atoms with E-state index in [1.165, 1.54) is 0 Å². The molecule has 1 aromatic carbocycles. The van der Waals surface area contributed by atoms with Gasteiger partial charge in [-0.3, -0.25) is 0 Å². The molecule has 0 saturated carbocycles. The maximum atomic E-state index is 12.9. The number of hydrogen-bond donors (Lipinski definition) is 2. The fourth-order valence-electron chi connectivity index (χ4n) is 2.04. The zero-order chi connectivity index (χ0) is 13.0. The summed E-state index contributed by atoms with van der Waals surface area (Å²) in [6.07, 6.45) is 0.264. The predicted molar refractivity (Wildman–Crippen MR) is 74.8 cm³/mol. The predicted octanol–water partition coefficient (Wildman–Crippen LogP) is 1.48. The van der Waals surface area contributed by atoms with Crippen molar-refractivity contribution >= 4 is 22.4 Å². The molecule has 0 aromatic heterocycles. The van der Waals surface area contributed by atoms with Crippen molar-refractivity contribution in [3.8, 4) is 0 Å². The van der Waals surface area contributed by atoms with Crippen LogP contribution in [-0.4, -0.2) is 33.7 Å². The first kappa shape index (κ1) is 16.4. The maximum absolute atomic E-state index is 12.9. The van der Waals surface area contributed by atoms with Crippen molar-refractivity contribution in [3.05, 3.63) is 30.3 Å². The standard InChI is InChI=1S/C12H17FN2O2S.ClH/c13-10-8-11(14-9-10)6-7-15-18(16,17)12-4-2-1-3-5-12;/h1-5,10-11,14-15H,6-9H2;1H/t10-,11-;/m1./s1. The molecule has 0 unspecified atom stereocenters. The molecule has 2 atom stereocenters. The van der Waals surface area contributed by atoms with Crippen LogP contribution in [0.1, 0.15) is 12.8 Å². The molecule has 19 heavy (non-hydrogen) atoms. The van der Waals surface area contributed by atoms with Crippen LogP contribution >= 0.6 is 12.4 Å². The highest BCUT2D eigenvalue weighted by atomic mass is 35.5. The second kappa shape index (κ2) is 7.19. The minimum absolute atomic E-state index is 0. The number of nitrogens with one attached hydrogen (secondary N) is 2.